The Hall–Kier alpha value is -3.24. The van der Waals surface area contributed by atoms with Crippen molar-refractivity contribution in [3.63, 3.8) is 0 Å². The Morgan fingerprint density at radius 2 is 1.92 bits per heavy atom. The van der Waals surface area contributed by atoms with Gasteiger partial charge in [-0.3, -0.25) is 19.1 Å². The van der Waals surface area contributed by atoms with Crippen molar-refractivity contribution >= 4 is 51.7 Å². The number of halogens is 2. The number of carbonyl (C=O) groups is 3. The standard InChI is InChI=1S/C27H28Cl2N6O4/c1-14-19(27(14,28)29)11-32-26(38)22-9-16-8-21(16)35(22)24(37)12-34-20-5-4-17(10-18(20)25(33-34)15(2)36)39-13-23-30-6-3-7-31-23/h3-7,10,14,16,19,21-22H,8-9,11-13H2,1-2H3,(H,32,38)/t14-,16-,19+,21-,22+/m1/s1. The lowest BCUT2D eigenvalue weighted by Crippen LogP contribution is -2.49. The number of Topliss-reactive ketones (excluding diaryl/α,β-unsaturated/α-hetero) is 1. The summed E-state index contributed by atoms with van der Waals surface area (Å²) in [6, 6.07) is 6.52. The van der Waals surface area contributed by atoms with E-state index in [1.807, 2.05) is 6.92 Å². The fraction of sp³-hybridized carbons (Fsp3) is 0.481. The first-order valence-corrected chi connectivity index (χ1v) is 13.8. The Balaban J connectivity index is 1.17. The number of carbonyl (C=O) groups excluding carboxylic acids is 3. The zero-order valence-corrected chi connectivity index (χ0v) is 23.0. The second-order valence-electron chi connectivity index (χ2n) is 10.6. The summed E-state index contributed by atoms with van der Waals surface area (Å²) in [5, 5.41) is 8.01. The number of aromatic nitrogens is 4. The molecule has 1 N–H and O–H groups in total. The van der Waals surface area contributed by atoms with Crippen molar-refractivity contribution in [2.24, 2.45) is 17.8 Å². The molecule has 2 aliphatic carbocycles. The Bertz CT molecular complexity index is 1460. The van der Waals surface area contributed by atoms with Gasteiger partial charge in [-0.1, -0.05) is 6.92 Å². The van der Waals surface area contributed by atoms with E-state index < -0.39 is 10.4 Å². The van der Waals surface area contributed by atoms with Gasteiger partial charge in [0.15, 0.2) is 11.6 Å². The van der Waals surface area contributed by atoms with Crippen LogP contribution in [0.15, 0.2) is 36.7 Å². The molecule has 3 aliphatic rings. The number of nitrogens with zero attached hydrogens (tertiary/aromatic N) is 5. The third kappa shape index (κ3) is 4.84. The first-order valence-electron chi connectivity index (χ1n) is 13.0. The maximum Gasteiger partial charge on any atom is 0.245 e. The highest BCUT2D eigenvalue weighted by Crippen LogP contribution is 2.58. The topological polar surface area (TPSA) is 119 Å². The van der Waals surface area contributed by atoms with Gasteiger partial charge < -0.3 is 15.0 Å². The second kappa shape index (κ2) is 9.75. The van der Waals surface area contributed by atoms with Crippen LogP contribution in [-0.4, -0.2) is 65.2 Å². The van der Waals surface area contributed by atoms with Gasteiger partial charge in [0, 0.05) is 43.2 Å². The van der Waals surface area contributed by atoms with Crippen LogP contribution in [0.2, 0.25) is 0 Å². The van der Waals surface area contributed by atoms with Crippen molar-refractivity contribution in [2.45, 2.75) is 56.3 Å². The van der Waals surface area contributed by atoms with Gasteiger partial charge in [0.2, 0.25) is 11.8 Å². The number of nitrogens with one attached hydrogen (secondary N) is 1. The molecule has 204 valence electrons. The molecule has 0 spiro atoms. The highest BCUT2D eigenvalue weighted by Gasteiger charge is 2.60. The molecule has 1 aliphatic heterocycles. The van der Waals surface area contributed by atoms with Gasteiger partial charge >= 0.3 is 0 Å². The number of alkyl halides is 2. The first kappa shape index (κ1) is 26.0. The molecule has 2 aromatic heterocycles. The van der Waals surface area contributed by atoms with Gasteiger partial charge in [0.1, 0.15) is 35.0 Å². The molecule has 1 aromatic carbocycles. The number of hydrogen-bond donors (Lipinski definition) is 1. The summed E-state index contributed by atoms with van der Waals surface area (Å²) in [6.45, 7) is 3.86. The molecule has 3 fully saturated rings. The van der Waals surface area contributed by atoms with Crippen molar-refractivity contribution in [2.75, 3.05) is 6.54 Å². The molecule has 0 unspecified atom stereocenters. The number of benzene rings is 1. The number of hydrogen-bond acceptors (Lipinski definition) is 7. The molecule has 0 radical (unpaired) electrons. The van der Waals surface area contributed by atoms with Crippen LogP contribution in [0.3, 0.4) is 0 Å². The minimum Gasteiger partial charge on any atom is -0.486 e. The van der Waals surface area contributed by atoms with E-state index in [0.29, 0.717) is 41.4 Å². The second-order valence-corrected chi connectivity index (χ2v) is 12.1. The van der Waals surface area contributed by atoms with Gasteiger partial charge in [-0.05, 0) is 48.9 Å². The van der Waals surface area contributed by atoms with E-state index in [9.17, 15) is 14.4 Å². The minimum absolute atomic E-state index is 0.000553. The van der Waals surface area contributed by atoms with Crippen LogP contribution in [0.1, 0.15) is 43.0 Å². The van der Waals surface area contributed by atoms with E-state index in [4.69, 9.17) is 27.9 Å². The number of piperidine rings is 1. The maximum atomic E-state index is 13.5. The summed E-state index contributed by atoms with van der Waals surface area (Å²) in [6.07, 6.45) is 4.81. The van der Waals surface area contributed by atoms with Crippen molar-refractivity contribution in [3.8, 4) is 5.75 Å². The molecule has 2 saturated carbocycles. The average molecular weight is 571 g/mol. The van der Waals surface area contributed by atoms with Crippen molar-refractivity contribution in [3.05, 3.63) is 48.2 Å². The maximum absolute atomic E-state index is 13.5. The van der Waals surface area contributed by atoms with Crippen LogP contribution in [0, 0.1) is 17.8 Å². The zero-order valence-electron chi connectivity index (χ0n) is 21.5. The summed E-state index contributed by atoms with van der Waals surface area (Å²) in [5.74, 6) is 0.895. The Kier molecular flexibility index (Phi) is 6.50. The van der Waals surface area contributed by atoms with Gasteiger partial charge in [0.05, 0.1) is 5.52 Å². The largest absolute Gasteiger partial charge is 0.486 e. The summed E-state index contributed by atoms with van der Waals surface area (Å²) in [7, 11) is 0. The molecule has 39 heavy (non-hydrogen) atoms. The monoisotopic (exact) mass is 570 g/mol. The van der Waals surface area contributed by atoms with Gasteiger partial charge in [-0.25, -0.2) is 9.97 Å². The molecule has 3 aromatic rings. The summed E-state index contributed by atoms with van der Waals surface area (Å²) in [4.78, 5) is 49.0. The fourth-order valence-electron chi connectivity index (χ4n) is 5.64. The smallest absolute Gasteiger partial charge is 0.245 e. The molecule has 3 heterocycles. The Morgan fingerprint density at radius 3 is 2.62 bits per heavy atom. The SMILES string of the molecule is CC(=O)c1nn(CC(=O)N2[C@@H]3C[C@@H]3C[C@H]2C(=O)NC[C@H]2[C@@H](C)C2(Cl)Cl)c2ccc(OCc3ncccn3)cc12. The molecule has 2 amide bonds. The highest BCUT2D eigenvalue weighted by molar-refractivity contribution is 6.51. The van der Waals surface area contributed by atoms with Gasteiger partial charge in [0.25, 0.3) is 0 Å². The summed E-state index contributed by atoms with van der Waals surface area (Å²) in [5.41, 5.74) is 0.885. The molecular weight excluding hydrogens is 543 g/mol. The quantitative estimate of drug-likeness (QED) is 0.310. The first-order chi connectivity index (χ1) is 18.6. The summed E-state index contributed by atoms with van der Waals surface area (Å²) >= 11 is 12.5. The Morgan fingerprint density at radius 1 is 1.18 bits per heavy atom. The lowest BCUT2D eigenvalue weighted by atomic mass is 10.1. The normalized spacial score (nSPS) is 26.3. The van der Waals surface area contributed by atoms with Crippen molar-refractivity contribution < 1.29 is 19.1 Å². The minimum atomic E-state index is -0.809. The van der Waals surface area contributed by atoms with Crippen LogP contribution < -0.4 is 10.1 Å². The summed E-state index contributed by atoms with van der Waals surface area (Å²) < 4.78 is 6.54. The molecule has 0 bridgehead atoms. The van der Waals surface area contributed by atoms with Gasteiger partial charge in [-0.2, -0.15) is 5.10 Å². The van der Waals surface area contributed by atoms with Crippen LogP contribution in [0.25, 0.3) is 10.9 Å². The zero-order chi connectivity index (χ0) is 27.5. The van der Waals surface area contributed by atoms with Crippen molar-refractivity contribution in [1.82, 2.24) is 30.0 Å². The molecule has 10 nitrogen and oxygen atoms in total. The molecule has 12 heteroatoms. The van der Waals surface area contributed by atoms with E-state index in [-0.39, 0.29) is 54.3 Å². The number of ether oxygens (including phenoxy) is 1. The Labute approximate surface area is 235 Å². The number of amides is 2. The fourth-order valence-corrected chi connectivity index (χ4v) is 6.35. The third-order valence-corrected chi connectivity index (χ3v) is 9.36. The van der Waals surface area contributed by atoms with Crippen LogP contribution in [-0.2, 0) is 22.7 Å². The lowest BCUT2D eigenvalue weighted by Gasteiger charge is -2.27. The highest BCUT2D eigenvalue weighted by atomic mass is 35.5. The third-order valence-electron chi connectivity index (χ3n) is 8.11. The van der Waals surface area contributed by atoms with E-state index in [2.05, 4.69) is 20.4 Å². The van der Waals surface area contributed by atoms with Crippen molar-refractivity contribution in [1.29, 1.82) is 0 Å². The molecule has 5 atom stereocenters. The van der Waals surface area contributed by atoms with Crippen LogP contribution in [0.4, 0.5) is 0 Å². The molecule has 1 saturated heterocycles. The predicted octanol–water partition coefficient (Wildman–Crippen LogP) is 3.15. The van der Waals surface area contributed by atoms with E-state index >= 15 is 0 Å². The number of likely N-dealkylation sites (tertiary alicyclic amines) is 1. The predicted molar refractivity (Wildman–Crippen MR) is 143 cm³/mol. The van der Waals surface area contributed by atoms with E-state index in [1.54, 1.807) is 41.6 Å². The number of fused-ring (bicyclic) bond motifs is 2. The number of ketones is 1. The van der Waals surface area contributed by atoms with E-state index in [0.717, 1.165) is 6.42 Å². The molecule has 6 rings (SSSR count). The molecular formula is C27H28Cl2N6O4. The van der Waals surface area contributed by atoms with Gasteiger partial charge in [-0.15, -0.1) is 23.2 Å². The van der Waals surface area contributed by atoms with Crippen LogP contribution >= 0.6 is 23.2 Å². The van der Waals surface area contributed by atoms with E-state index in [1.165, 1.54) is 11.6 Å². The average Bonchev–Trinajstić information content (AvgIpc) is 3.63. The lowest BCUT2D eigenvalue weighted by molar-refractivity contribution is -0.140. The van der Waals surface area contributed by atoms with Crippen LogP contribution in [0.5, 0.6) is 5.75 Å². The number of rotatable bonds is 9.